The average Bonchev–Trinajstić information content (AvgIpc) is 3.19. The van der Waals surface area contributed by atoms with Crippen molar-refractivity contribution in [3.8, 4) is 11.3 Å². The summed E-state index contributed by atoms with van der Waals surface area (Å²) in [6, 6.07) is 20.3. The molecule has 0 saturated heterocycles. The van der Waals surface area contributed by atoms with Crippen molar-refractivity contribution < 1.29 is 9.18 Å². The number of amides is 1. The number of nitrogens with one attached hydrogen (secondary N) is 2. The molecule has 29 heavy (non-hydrogen) atoms. The predicted octanol–water partition coefficient (Wildman–Crippen LogP) is 6.60. The molecule has 0 saturated carbocycles. The van der Waals surface area contributed by atoms with E-state index in [1.54, 1.807) is 36.4 Å². The summed E-state index contributed by atoms with van der Waals surface area (Å²) in [4.78, 5) is 16.9. The zero-order valence-electron chi connectivity index (χ0n) is 15.0. The van der Waals surface area contributed by atoms with Crippen LogP contribution in [0.2, 0.25) is 5.02 Å². The van der Waals surface area contributed by atoms with Crippen molar-refractivity contribution in [2.24, 2.45) is 0 Å². The molecule has 1 aromatic heterocycles. The van der Waals surface area contributed by atoms with Gasteiger partial charge in [-0.2, -0.15) is 0 Å². The molecule has 0 bridgehead atoms. The molecule has 1 heterocycles. The summed E-state index contributed by atoms with van der Waals surface area (Å²) in [7, 11) is 0. The number of carbonyl (C=O) groups is 1. The van der Waals surface area contributed by atoms with E-state index in [-0.39, 0.29) is 11.7 Å². The van der Waals surface area contributed by atoms with Gasteiger partial charge in [0.25, 0.3) is 5.91 Å². The van der Waals surface area contributed by atoms with Gasteiger partial charge in [-0.05, 0) is 54.6 Å². The summed E-state index contributed by atoms with van der Waals surface area (Å²) in [6.45, 7) is 0. The molecule has 3 aromatic carbocycles. The summed E-state index contributed by atoms with van der Waals surface area (Å²) in [5.41, 5.74) is 3.68. The van der Waals surface area contributed by atoms with Crippen LogP contribution < -0.4 is 10.6 Å². The van der Waals surface area contributed by atoms with Gasteiger partial charge in [0.15, 0.2) is 5.13 Å². The minimum Gasteiger partial charge on any atom is -0.332 e. The number of anilines is 3. The van der Waals surface area contributed by atoms with Crippen LogP contribution in [0.15, 0.2) is 78.2 Å². The van der Waals surface area contributed by atoms with Crippen molar-refractivity contribution in [2.75, 3.05) is 10.6 Å². The minimum absolute atomic E-state index is 0.223. The molecule has 0 aliphatic rings. The lowest BCUT2D eigenvalue weighted by atomic mass is 10.1. The molecule has 0 aliphatic carbocycles. The van der Waals surface area contributed by atoms with Crippen LogP contribution in [0.5, 0.6) is 0 Å². The average molecular weight is 424 g/mol. The summed E-state index contributed by atoms with van der Waals surface area (Å²) >= 11 is 7.39. The van der Waals surface area contributed by atoms with Crippen LogP contribution in [0, 0.1) is 5.82 Å². The number of hydrogen-bond donors (Lipinski definition) is 2. The second kappa shape index (κ2) is 8.43. The van der Waals surface area contributed by atoms with Gasteiger partial charge < -0.3 is 10.6 Å². The van der Waals surface area contributed by atoms with E-state index >= 15 is 0 Å². The van der Waals surface area contributed by atoms with Gasteiger partial charge in [-0.3, -0.25) is 4.79 Å². The fourth-order valence-electron chi connectivity index (χ4n) is 2.68. The Morgan fingerprint density at radius 1 is 0.966 bits per heavy atom. The number of nitrogens with zero attached hydrogens (tertiary/aromatic N) is 1. The molecule has 0 unspecified atom stereocenters. The van der Waals surface area contributed by atoms with E-state index in [0.29, 0.717) is 21.4 Å². The maximum Gasteiger partial charge on any atom is 0.255 e. The first kappa shape index (κ1) is 19.1. The Morgan fingerprint density at radius 2 is 1.69 bits per heavy atom. The first-order chi connectivity index (χ1) is 14.1. The van der Waals surface area contributed by atoms with Crippen molar-refractivity contribution in [2.45, 2.75) is 0 Å². The highest BCUT2D eigenvalue weighted by Crippen LogP contribution is 2.28. The molecule has 0 aliphatic heterocycles. The molecule has 144 valence electrons. The quantitative estimate of drug-likeness (QED) is 0.380. The van der Waals surface area contributed by atoms with Gasteiger partial charge in [0.1, 0.15) is 5.82 Å². The number of hydrogen-bond acceptors (Lipinski definition) is 4. The summed E-state index contributed by atoms with van der Waals surface area (Å²) in [5, 5.41) is 9.17. The fourth-order valence-corrected chi connectivity index (χ4v) is 3.61. The Hall–Kier alpha value is -3.22. The standard InChI is InChI=1S/C22H15ClFN3OS/c23-16-3-1-2-15(12-16)21(28)25-18-8-4-14(5-9-18)20-13-29-22(27-20)26-19-10-6-17(24)7-11-19/h1-13H,(H,25,28)(H,26,27). The fraction of sp³-hybridized carbons (Fsp3) is 0. The summed E-state index contributed by atoms with van der Waals surface area (Å²) in [6.07, 6.45) is 0. The maximum atomic E-state index is 13.0. The lowest BCUT2D eigenvalue weighted by Crippen LogP contribution is -2.11. The number of halogens is 2. The van der Waals surface area contributed by atoms with Gasteiger partial charge in [0, 0.05) is 32.9 Å². The van der Waals surface area contributed by atoms with Crippen LogP contribution in [0.3, 0.4) is 0 Å². The SMILES string of the molecule is O=C(Nc1ccc(-c2csc(Nc3ccc(F)cc3)n2)cc1)c1cccc(Cl)c1. The highest BCUT2D eigenvalue weighted by atomic mass is 35.5. The third kappa shape index (κ3) is 4.80. The number of carbonyl (C=O) groups excluding carboxylic acids is 1. The minimum atomic E-state index is -0.280. The molecular formula is C22H15ClFN3OS. The van der Waals surface area contributed by atoms with Crippen molar-refractivity contribution in [3.05, 3.63) is 94.6 Å². The number of aromatic nitrogens is 1. The number of benzene rings is 3. The number of rotatable bonds is 5. The Bertz CT molecular complexity index is 1140. The van der Waals surface area contributed by atoms with Gasteiger partial charge in [-0.1, -0.05) is 29.8 Å². The maximum absolute atomic E-state index is 13.0. The zero-order chi connectivity index (χ0) is 20.2. The molecule has 0 atom stereocenters. The first-order valence-electron chi connectivity index (χ1n) is 8.72. The lowest BCUT2D eigenvalue weighted by Gasteiger charge is -2.06. The van der Waals surface area contributed by atoms with Gasteiger partial charge in [-0.15, -0.1) is 11.3 Å². The van der Waals surface area contributed by atoms with Crippen LogP contribution in [0.4, 0.5) is 20.9 Å². The van der Waals surface area contributed by atoms with Gasteiger partial charge in [-0.25, -0.2) is 9.37 Å². The van der Waals surface area contributed by atoms with Crippen LogP contribution in [-0.2, 0) is 0 Å². The topological polar surface area (TPSA) is 54.0 Å². The smallest absolute Gasteiger partial charge is 0.255 e. The normalized spacial score (nSPS) is 10.6. The van der Waals surface area contributed by atoms with E-state index < -0.39 is 0 Å². The second-order valence-corrected chi connectivity index (χ2v) is 7.51. The van der Waals surface area contributed by atoms with Crippen LogP contribution in [0.1, 0.15) is 10.4 Å². The van der Waals surface area contributed by atoms with Gasteiger partial charge in [0.05, 0.1) is 5.69 Å². The van der Waals surface area contributed by atoms with Crippen molar-refractivity contribution >= 4 is 45.4 Å². The third-order valence-electron chi connectivity index (χ3n) is 4.13. The van der Waals surface area contributed by atoms with Gasteiger partial charge in [0.2, 0.25) is 0 Å². The molecule has 0 radical (unpaired) electrons. The summed E-state index contributed by atoms with van der Waals surface area (Å²) in [5.74, 6) is -0.502. The largest absolute Gasteiger partial charge is 0.332 e. The number of thiazole rings is 1. The molecule has 7 heteroatoms. The van der Waals surface area contributed by atoms with E-state index in [1.165, 1.54) is 23.5 Å². The Balaban J connectivity index is 1.43. The van der Waals surface area contributed by atoms with Crippen LogP contribution >= 0.6 is 22.9 Å². The highest BCUT2D eigenvalue weighted by Gasteiger charge is 2.08. The van der Waals surface area contributed by atoms with E-state index in [4.69, 9.17) is 11.6 Å². The monoisotopic (exact) mass is 423 g/mol. The highest BCUT2D eigenvalue weighted by molar-refractivity contribution is 7.14. The second-order valence-electron chi connectivity index (χ2n) is 6.21. The molecular weight excluding hydrogens is 409 g/mol. The Labute approximate surface area is 176 Å². The van der Waals surface area contributed by atoms with E-state index in [2.05, 4.69) is 15.6 Å². The Kier molecular flexibility index (Phi) is 5.55. The van der Waals surface area contributed by atoms with Crippen LogP contribution in [-0.4, -0.2) is 10.9 Å². The Morgan fingerprint density at radius 3 is 2.41 bits per heavy atom. The summed E-state index contributed by atoms with van der Waals surface area (Å²) < 4.78 is 13.0. The van der Waals surface area contributed by atoms with Crippen molar-refractivity contribution in [1.82, 2.24) is 4.98 Å². The van der Waals surface area contributed by atoms with E-state index in [1.807, 2.05) is 29.6 Å². The molecule has 0 fully saturated rings. The molecule has 4 rings (SSSR count). The van der Waals surface area contributed by atoms with Crippen LogP contribution in [0.25, 0.3) is 11.3 Å². The first-order valence-corrected chi connectivity index (χ1v) is 9.98. The van der Waals surface area contributed by atoms with Gasteiger partial charge >= 0.3 is 0 Å². The molecule has 0 spiro atoms. The molecule has 4 nitrogen and oxygen atoms in total. The van der Waals surface area contributed by atoms with Crippen molar-refractivity contribution in [3.63, 3.8) is 0 Å². The van der Waals surface area contributed by atoms with E-state index in [0.717, 1.165) is 16.9 Å². The lowest BCUT2D eigenvalue weighted by molar-refractivity contribution is 0.102. The zero-order valence-corrected chi connectivity index (χ0v) is 16.6. The molecule has 1 amide bonds. The predicted molar refractivity (Wildman–Crippen MR) is 117 cm³/mol. The van der Waals surface area contributed by atoms with E-state index in [9.17, 15) is 9.18 Å². The molecule has 2 N–H and O–H groups in total. The third-order valence-corrected chi connectivity index (χ3v) is 5.12. The molecule has 4 aromatic rings. The van der Waals surface area contributed by atoms with Crippen molar-refractivity contribution in [1.29, 1.82) is 0 Å².